The molecule has 0 amide bonds. The Morgan fingerprint density at radius 2 is 1.62 bits per heavy atom. The molecule has 0 saturated carbocycles. The summed E-state index contributed by atoms with van der Waals surface area (Å²) in [5, 5.41) is 0. The Morgan fingerprint density at radius 1 is 0.952 bits per heavy atom. The van der Waals surface area contributed by atoms with Crippen LogP contribution in [0.15, 0.2) is 59.6 Å². The fourth-order valence-corrected chi connectivity index (χ4v) is 2.86. The van der Waals surface area contributed by atoms with Gasteiger partial charge in [0.05, 0.1) is 0 Å². The highest BCUT2D eigenvalue weighted by atomic mass is 28.4. The molecular weight excluding hydrogens is 274 g/mol. The zero-order valence-corrected chi connectivity index (χ0v) is 14.0. The minimum absolute atomic E-state index is 0.797. The molecule has 0 spiro atoms. The van der Waals surface area contributed by atoms with Gasteiger partial charge in [0.1, 0.15) is 5.75 Å². The molecule has 0 atom stereocenters. The van der Waals surface area contributed by atoms with Gasteiger partial charge in [-0.2, -0.15) is 0 Å². The largest absolute Gasteiger partial charge is 0.544 e. The number of aliphatic imine (C=N–C) groups is 1. The number of hydrogen-bond donors (Lipinski definition) is 0. The Bertz CT molecular complexity index is 588. The summed E-state index contributed by atoms with van der Waals surface area (Å²) in [5.74, 6) is 0.945. The lowest BCUT2D eigenvalue weighted by Crippen LogP contribution is -2.29. The van der Waals surface area contributed by atoms with Gasteiger partial charge in [-0.3, -0.25) is 4.99 Å². The van der Waals surface area contributed by atoms with E-state index in [1.807, 2.05) is 30.5 Å². The quantitative estimate of drug-likeness (QED) is 0.565. The van der Waals surface area contributed by atoms with Crippen molar-refractivity contribution in [3.63, 3.8) is 0 Å². The summed E-state index contributed by atoms with van der Waals surface area (Å²) >= 11 is 0. The Labute approximate surface area is 128 Å². The van der Waals surface area contributed by atoms with Crippen LogP contribution in [0.25, 0.3) is 0 Å². The van der Waals surface area contributed by atoms with Crippen molar-refractivity contribution in [3.8, 4) is 5.75 Å². The Hall–Kier alpha value is -1.87. The number of rotatable bonds is 6. The predicted octanol–water partition coefficient (Wildman–Crippen LogP) is 4.56. The second-order valence-electron chi connectivity index (χ2n) is 6.02. The van der Waals surface area contributed by atoms with Crippen molar-refractivity contribution in [3.05, 3.63) is 65.7 Å². The molecule has 0 N–H and O–H groups in total. The van der Waals surface area contributed by atoms with E-state index in [4.69, 9.17) is 4.43 Å². The van der Waals surface area contributed by atoms with Crippen molar-refractivity contribution < 1.29 is 4.43 Å². The number of nitrogens with zero attached hydrogens (tertiary/aromatic N) is 1. The molecule has 0 aliphatic heterocycles. The van der Waals surface area contributed by atoms with Crippen molar-refractivity contribution in [2.24, 2.45) is 4.99 Å². The molecule has 0 aromatic heterocycles. The number of hydrogen-bond acceptors (Lipinski definition) is 2. The molecule has 0 radical (unpaired) electrons. The summed E-state index contributed by atoms with van der Waals surface area (Å²) in [5.41, 5.74) is 2.38. The third-order valence-electron chi connectivity index (χ3n) is 2.94. The van der Waals surface area contributed by atoms with Gasteiger partial charge in [-0.25, -0.2) is 0 Å². The van der Waals surface area contributed by atoms with Crippen LogP contribution in [0.2, 0.25) is 19.6 Å². The van der Waals surface area contributed by atoms with E-state index in [9.17, 15) is 0 Å². The van der Waals surface area contributed by atoms with Gasteiger partial charge in [0, 0.05) is 18.3 Å². The minimum atomic E-state index is -1.59. The van der Waals surface area contributed by atoms with Crippen LogP contribution in [-0.4, -0.2) is 21.1 Å². The number of para-hydroxylation sites is 1. The normalized spacial score (nSPS) is 11.8. The van der Waals surface area contributed by atoms with Crippen molar-refractivity contribution in [1.82, 2.24) is 0 Å². The summed E-state index contributed by atoms with van der Waals surface area (Å²) in [4.78, 5) is 4.54. The van der Waals surface area contributed by atoms with E-state index in [-0.39, 0.29) is 0 Å². The van der Waals surface area contributed by atoms with E-state index in [0.717, 1.165) is 24.3 Å². The van der Waals surface area contributed by atoms with Gasteiger partial charge in [0.2, 0.25) is 8.32 Å². The van der Waals surface area contributed by atoms with E-state index in [1.165, 1.54) is 5.56 Å². The molecule has 2 aromatic rings. The summed E-state index contributed by atoms with van der Waals surface area (Å²) in [6, 6.07) is 18.6. The van der Waals surface area contributed by atoms with Crippen LogP contribution < -0.4 is 4.43 Å². The molecular formula is C18H23NOSi. The SMILES string of the molecule is C[Si](C)(C)Oc1ccccc1C=NCCc1ccccc1. The minimum Gasteiger partial charge on any atom is -0.544 e. The van der Waals surface area contributed by atoms with Crippen molar-refractivity contribution in [2.75, 3.05) is 6.54 Å². The first kappa shape index (κ1) is 15.5. The Kier molecular flexibility index (Phi) is 5.34. The van der Waals surface area contributed by atoms with Gasteiger partial charge in [-0.1, -0.05) is 42.5 Å². The lowest BCUT2D eigenvalue weighted by molar-refractivity contribution is 0.557. The lowest BCUT2D eigenvalue weighted by atomic mass is 10.1. The van der Waals surface area contributed by atoms with Crippen LogP contribution in [0.5, 0.6) is 5.75 Å². The van der Waals surface area contributed by atoms with Crippen LogP contribution in [0.1, 0.15) is 11.1 Å². The molecule has 0 aliphatic carbocycles. The third-order valence-corrected chi connectivity index (χ3v) is 3.77. The van der Waals surface area contributed by atoms with Crippen LogP contribution in [0.3, 0.4) is 0 Å². The smallest absolute Gasteiger partial charge is 0.242 e. The van der Waals surface area contributed by atoms with Crippen LogP contribution in [-0.2, 0) is 6.42 Å². The molecule has 3 heteroatoms. The lowest BCUT2D eigenvalue weighted by Gasteiger charge is -2.20. The molecule has 0 aliphatic rings. The monoisotopic (exact) mass is 297 g/mol. The highest BCUT2D eigenvalue weighted by molar-refractivity contribution is 6.70. The van der Waals surface area contributed by atoms with Crippen LogP contribution in [0.4, 0.5) is 0 Å². The van der Waals surface area contributed by atoms with E-state index >= 15 is 0 Å². The summed E-state index contributed by atoms with van der Waals surface area (Å²) in [6.07, 6.45) is 2.90. The highest BCUT2D eigenvalue weighted by Gasteiger charge is 2.17. The van der Waals surface area contributed by atoms with Crippen LogP contribution in [0, 0.1) is 0 Å². The molecule has 0 unspecified atom stereocenters. The zero-order chi connectivity index (χ0) is 15.1. The third kappa shape index (κ3) is 5.56. The second-order valence-corrected chi connectivity index (χ2v) is 10.5. The van der Waals surface area contributed by atoms with Crippen molar-refractivity contribution in [2.45, 2.75) is 26.1 Å². The maximum absolute atomic E-state index is 6.10. The van der Waals surface area contributed by atoms with E-state index in [0.29, 0.717) is 0 Å². The second kappa shape index (κ2) is 7.23. The average Bonchev–Trinajstić information content (AvgIpc) is 2.45. The van der Waals surface area contributed by atoms with E-state index < -0.39 is 8.32 Å². The molecule has 2 aromatic carbocycles. The first-order valence-corrected chi connectivity index (χ1v) is 10.8. The molecule has 0 saturated heterocycles. The maximum atomic E-state index is 6.10. The van der Waals surface area contributed by atoms with Gasteiger partial charge in [-0.05, 0) is 43.8 Å². The summed E-state index contributed by atoms with van der Waals surface area (Å²) in [7, 11) is -1.59. The Morgan fingerprint density at radius 3 is 2.33 bits per heavy atom. The first-order chi connectivity index (χ1) is 10.0. The van der Waals surface area contributed by atoms with Gasteiger partial charge in [-0.15, -0.1) is 0 Å². The molecule has 0 fully saturated rings. The van der Waals surface area contributed by atoms with Gasteiger partial charge in [0.25, 0.3) is 0 Å². The highest BCUT2D eigenvalue weighted by Crippen LogP contribution is 2.20. The van der Waals surface area contributed by atoms with Crippen molar-refractivity contribution in [1.29, 1.82) is 0 Å². The molecule has 110 valence electrons. The topological polar surface area (TPSA) is 21.6 Å². The zero-order valence-electron chi connectivity index (χ0n) is 13.0. The molecule has 2 nitrogen and oxygen atoms in total. The van der Waals surface area contributed by atoms with E-state index in [2.05, 4.69) is 55.0 Å². The summed E-state index contributed by atoms with van der Waals surface area (Å²) < 4.78 is 6.10. The molecule has 0 heterocycles. The number of benzene rings is 2. The van der Waals surface area contributed by atoms with Crippen molar-refractivity contribution >= 4 is 14.5 Å². The van der Waals surface area contributed by atoms with E-state index in [1.54, 1.807) is 0 Å². The molecule has 2 rings (SSSR count). The van der Waals surface area contributed by atoms with Gasteiger partial charge < -0.3 is 4.43 Å². The maximum Gasteiger partial charge on any atom is 0.242 e. The first-order valence-electron chi connectivity index (χ1n) is 7.36. The van der Waals surface area contributed by atoms with Crippen LogP contribution >= 0.6 is 0 Å². The molecule has 0 bridgehead atoms. The standard InChI is InChI=1S/C18H23NOSi/c1-21(2,3)20-18-12-8-7-11-17(18)15-19-14-13-16-9-5-4-6-10-16/h4-12,15H,13-14H2,1-3H3. The van der Waals surface area contributed by atoms with Gasteiger partial charge in [0.15, 0.2) is 0 Å². The Balaban J connectivity index is 1.97. The predicted molar refractivity (Wildman–Crippen MR) is 93.0 cm³/mol. The fourth-order valence-electron chi connectivity index (χ4n) is 2.01. The fraction of sp³-hybridized carbons (Fsp3) is 0.278. The average molecular weight is 297 g/mol. The summed E-state index contributed by atoms with van der Waals surface area (Å²) in [6.45, 7) is 7.37. The molecule has 21 heavy (non-hydrogen) atoms. The van der Waals surface area contributed by atoms with Gasteiger partial charge >= 0.3 is 0 Å².